The van der Waals surface area contributed by atoms with Crippen molar-refractivity contribution < 1.29 is 13.2 Å². The van der Waals surface area contributed by atoms with E-state index in [0.717, 1.165) is 0 Å². The van der Waals surface area contributed by atoms with Crippen LogP contribution in [0.25, 0.3) is 0 Å². The molecule has 7 heteroatoms. The number of halogens is 3. The Morgan fingerprint density at radius 3 is 2.89 bits per heavy atom. The molecule has 1 aliphatic rings. The van der Waals surface area contributed by atoms with Gasteiger partial charge in [0.1, 0.15) is 6.07 Å². The lowest BCUT2D eigenvalue weighted by Crippen LogP contribution is -2.42. The predicted octanol–water partition coefficient (Wildman–Crippen LogP) is 2.13. The summed E-state index contributed by atoms with van der Waals surface area (Å²) in [4.78, 5) is 1.49. The second kappa shape index (κ2) is 4.80. The van der Waals surface area contributed by atoms with Crippen molar-refractivity contribution in [1.29, 1.82) is 5.26 Å². The lowest BCUT2D eigenvalue weighted by atomic mass is 9.97. The van der Waals surface area contributed by atoms with Crippen molar-refractivity contribution in [2.45, 2.75) is 19.0 Å². The molecule has 0 saturated carbocycles. The lowest BCUT2D eigenvalue weighted by Gasteiger charge is -2.34. The molecule has 0 bridgehead atoms. The lowest BCUT2D eigenvalue weighted by molar-refractivity contribution is -0.176. The number of rotatable bonds is 1. The van der Waals surface area contributed by atoms with Crippen LogP contribution in [0.1, 0.15) is 18.4 Å². The van der Waals surface area contributed by atoms with Gasteiger partial charge in [-0.15, -0.1) is 5.10 Å². The Bertz CT molecular complexity index is 466. The summed E-state index contributed by atoms with van der Waals surface area (Å²) < 4.78 is 38.1. The summed E-state index contributed by atoms with van der Waals surface area (Å²) in [6.45, 7) is 0.316. The Morgan fingerprint density at radius 2 is 2.22 bits per heavy atom. The number of piperidine rings is 1. The first-order valence-corrected chi connectivity index (χ1v) is 5.56. The molecule has 1 saturated heterocycles. The third kappa shape index (κ3) is 2.53. The van der Waals surface area contributed by atoms with Gasteiger partial charge in [-0.3, -0.25) is 0 Å². The number of nitriles is 1. The maximum atomic E-state index is 12.7. The van der Waals surface area contributed by atoms with E-state index in [1.54, 1.807) is 0 Å². The zero-order valence-corrected chi connectivity index (χ0v) is 9.48. The highest BCUT2D eigenvalue weighted by Gasteiger charge is 2.42. The molecule has 4 nitrogen and oxygen atoms in total. The fourth-order valence-electron chi connectivity index (χ4n) is 2.08. The maximum Gasteiger partial charge on any atom is 0.393 e. The molecule has 1 aromatic heterocycles. The minimum Gasteiger partial charge on any atom is -0.353 e. The molecular weight excluding hydrogens is 245 g/mol. The van der Waals surface area contributed by atoms with Gasteiger partial charge >= 0.3 is 6.18 Å². The van der Waals surface area contributed by atoms with Crippen molar-refractivity contribution in [2.24, 2.45) is 5.92 Å². The second-order valence-electron chi connectivity index (χ2n) is 4.21. The van der Waals surface area contributed by atoms with E-state index >= 15 is 0 Å². The molecule has 0 amide bonds. The Labute approximate surface area is 102 Å². The van der Waals surface area contributed by atoms with Crippen LogP contribution in [-0.4, -0.2) is 29.5 Å². The summed E-state index contributed by atoms with van der Waals surface area (Å²) in [5.41, 5.74) is 0.257. The van der Waals surface area contributed by atoms with E-state index in [1.807, 2.05) is 6.07 Å². The number of hydrogen-bond donors (Lipinski definition) is 0. The van der Waals surface area contributed by atoms with E-state index in [4.69, 9.17) is 5.26 Å². The van der Waals surface area contributed by atoms with Crippen molar-refractivity contribution in [2.75, 3.05) is 18.0 Å². The van der Waals surface area contributed by atoms with Crippen LogP contribution >= 0.6 is 0 Å². The zero-order chi connectivity index (χ0) is 13.2. The van der Waals surface area contributed by atoms with Gasteiger partial charge in [-0.25, -0.2) is 0 Å². The van der Waals surface area contributed by atoms with Gasteiger partial charge in [0.15, 0.2) is 5.82 Å². The van der Waals surface area contributed by atoms with Crippen LogP contribution in [0.2, 0.25) is 0 Å². The Balaban J connectivity index is 2.21. The SMILES string of the molecule is N#Cc1ccnnc1N1CCCC(C(F)(F)F)C1. The quantitative estimate of drug-likeness (QED) is 0.772. The Hall–Kier alpha value is -1.84. The van der Waals surface area contributed by atoms with E-state index < -0.39 is 12.1 Å². The van der Waals surface area contributed by atoms with Gasteiger partial charge in [0.2, 0.25) is 0 Å². The highest BCUT2D eigenvalue weighted by molar-refractivity contribution is 5.52. The van der Waals surface area contributed by atoms with Gasteiger partial charge in [-0.2, -0.15) is 23.5 Å². The van der Waals surface area contributed by atoms with Gasteiger partial charge < -0.3 is 4.90 Å². The van der Waals surface area contributed by atoms with Crippen LogP contribution in [0.3, 0.4) is 0 Å². The van der Waals surface area contributed by atoms with Crippen molar-refractivity contribution >= 4 is 5.82 Å². The highest BCUT2D eigenvalue weighted by Crippen LogP contribution is 2.34. The Morgan fingerprint density at radius 1 is 1.44 bits per heavy atom. The minimum atomic E-state index is -4.20. The molecule has 18 heavy (non-hydrogen) atoms. The van der Waals surface area contributed by atoms with Crippen LogP contribution in [0.5, 0.6) is 0 Å². The standard InChI is InChI=1S/C11H11F3N4/c12-11(13,14)9-2-1-5-18(7-9)10-8(6-15)3-4-16-17-10/h3-4,9H,1-2,5,7H2. The summed E-state index contributed by atoms with van der Waals surface area (Å²) in [6, 6.07) is 3.38. The number of nitrogens with zero attached hydrogens (tertiary/aromatic N) is 4. The van der Waals surface area contributed by atoms with Crippen LogP contribution in [-0.2, 0) is 0 Å². The summed E-state index contributed by atoms with van der Waals surface area (Å²) in [5, 5.41) is 16.3. The molecule has 1 aromatic rings. The van der Waals surface area contributed by atoms with Crippen molar-refractivity contribution in [3.8, 4) is 6.07 Å². The van der Waals surface area contributed by atoms with Gasteiger partial charge in [-0.05, 0) is 18.9 Å². The van der Waals surface area contributed by atoms with Gasteiger partial charge in [0.05, 0.1) is 17.7 Å². The fraction of sp³-hybridized carbons (Fsp3) is 0.545. The first kappa shape index (κ1) is 12.6. The minimum absolute atomic E-state index is 0.127. The first-order valence-electron chi connectivity index (χ1n) is 5.56. The number of aromatic nitrogens is 2. The predicted molar refractivity (Wildman–Crippen MR) is 57.7 cm³/mol. The molecule has 0 aliphatic carbocycles. The molecule has 1 aliphatic heterocycles. The highest BCUT2D eigenvalue weighted by atomic mass is 19.4. The molecule has 1 fully saturated rings. The van der Waals surface area contributed by atoms with Crippen molar-refractivity contribution in [3.63, 3.8) is 0 Å². The van der Waals surface area contributed by atoms with Crippen molar-refractivity contribution in [3.05, 3.63) is 17.8 Å². The zero-order valence-electron chi connectivity index (χ0n) is 9.48. The molecular formula is C11H11F3N4. The normalized spacial score (nSPS) is 20.6. The molecule has 0 radical (unpaired) electrons. The average molecular weight is 256 g/mol. The molecule has 1 unspecified atom stereocenters. The topological polar surface area (TPSA) is 52.8 Å². The average Bonchev–Trinajstić information content (AvgIpc) is 2.38. The smallest absolute Gasteiger partial charge is 0.353 e. The molecule has 2 heterocycles. The summed E-state index contributed by atoms with van der Waals surface area (Å²) in [6.07, 6.45) is -2.28. The largest absolute Gasteiger partial charge is 0.393 e. The van der Waals surface area contributed by atoms with E-state index in [2.05, 4.69) is 10.2 Å². The number of anilines is 1. The number of alkyl halides is 3. The molecule has 2 rings (SSSR count). The third-order valence-electron chi connectivity index (χ3n) is 3.01. The summed E-state index contributed by atoms with van der Waals surface area (Å²) >= 11 is 0. The van der Waals surface area contributed by atoms with E-state index in [9.17, 15) is 13.2 Å². The van der Waals surface area contributed by atoms with Gasteiger partial charge in [-0.1, -0.05) is 0 Å². The van der Waals surface area contributed by atoms with Crippen LogP contribution < -0.4 is 4.90 Å². The first-order chi connectivity index (χ1) is 8.52. The molecule has 0 aromatic carbocycles. The maximum absolute atomic E-state index is 12.7. The molecule has 96 valence electrons. The summed E-state index contributed by atoms with van der Waals surface area (Å²) in [5.74, 6) is -1.12. The monoisotopic (exact) mass is 256 g/mol. The third-order valence-corrected chi connectivity index (χ3v) is 3.01. The second-order valence-corrected chi connectivity index (χ2v) is 4.21. The summed E-state index contributed by atoms with van der Waals surface area (Å²) in [7, 11) is 0. The van der Waals surface area contributed by atoms with Crippen LogP contribution in [0.4, 0.5) is 19.0 Å². The van der Waals surface area contributed by atoms with Crippen LogP contribution in [0, 0.1) is 17.2 Å². The molecule has 0 N–H and O–H groups in total. The molecule has 1 atom stereocenters. The molecule has 0 spiro atoms. The van der Waals surface area contributed by atoms with Gasteiger partial charge in [0, 0.05) is 13.1 Å². The van der Waals surface area contributed by atoms with Crippen LogP contribution in [0.15, 0.2) is 12.3 Å². The van der Waals surface area contributed by atoms with Gasteiger partial charge in [0.25, 0.3) is 0 Å². The van der Waals surface area contributed by atoms with Crippen molar-refractivity contribution in [1.82, 2.24) is 10.2 Å². The van der Waals surface area contributed by atoms with E-state index in [1.165, 1.54) is 17.2 Å². The fourth-order valence-corrected chi connectivity index (χ4v) is 2.08. The number of hydrogen-bond acceptors (Lipinski definition) is 4. The Kier molecular flexibility index (Phi) is 3.36. The van der Waals surface area contributed by atoms with E-state index in [-0.39, 0.29) is 24.3 Å². The van der Waals surface area contributed by atoms with E-state index in [0.29, 0.717) is 13.0 Å².